The van der Waals surface area contributed by atoms with Crippen molar-refractivity contribution in [3.8, 4) is 0 Å². The fourth-order valence-corrected chi connectivity index (χ4v) is 3.53. The highest BCUT2D eigenvalue weighted by atomic mass is 19.1. The van der Waals surface area contributed by atoms with Gasteiger partial charge in [0, 0.05) is 22.7 Å². The number of benzene rings is 2. The molecule has 1 saturated heterocycles. The molecule has 1 amide bonds. The summed E-state index contributed by atoms with van der Waals surface area (Å²) in [4.78, 5) is 13.0. The van der Waals surface area contributed by atoms with Crippen LogP contribution < -0.4 is 5.01 Å². The van der Waals surface area contributed by atoms with Crippen molar-refractivity contribution in [3.63, 3.8) is 0 Å². The van der Waals surface area contributed by atoms with E-state index in [1.165, 1.54) is 17.1 Å². The average Bonchev–Trinajstić information content (AvgIpc) is 3.39. The molecule has 1 atom stereocenters. The number of rotatable bonds is 4. The van der Waals surface area contributed by atoms with Crippen LogP contribution >= 0.6 is 0 Å². The minimum absolute atomic E-state index is 0.216. The molecule has 0 radical (unpaired) electrons. The second kappa shape index (κ2) is 6.42. The van der Waals surface area contributed by atoms with Crippen molar-refractivity contribution in [3.05, 3.63) is 71.7 Å². The number of epoxide rings is 1. The molecule has 1 unspecified atom stereocenters. The molecule has 1 aromatic heterocycles. The van der Waals surface area contributed by atoms with E-state index in [9.17, 15) is 9.18 Å². The lowest BCUT2D eigenvalue weighted by atomic mass is 10.1. The molecule has 2 aliphatic rings. The van der Waals surface area contributed by atoms with Crippen LogP contribution in [0, 0.1) is 5.82 Å². The van der Waals surface area contributed by atoms with Gasteiger partial charge in [-0.05, 0) is 43.3 Å². The summed E-state index contributed by atoms with van der Waals surface area (Å²) < 4.78 is 20.7. The normalized spacial score (nSPS) is 20.3. The van der Waals surface area contributed by atoms with Gasteiger partial charge in [0.05, 0.1) is 36.2 Å². The summed E-state index contributed by atoms with van der Waals surface area (Å²) in [5.41, 5.74) is 3.80. The highest BCUT2D eigenvalue weighted by molar-refractivity contribution is 6.32. The standard InChI is InChI=1S/C22H18FN3O2/c1-14-20(22(27)26(24-14)17-8-6-16(23)7-9-17)10-15-11-25(12-18-13-28-18)21-5-3-2-4-19(15)21/h2-11,18H,12-13H2,1H3/b20-10+. The first-order valence-electron chi connectivity index (χ1n) is 9.17. The van der Waals surface area contributed by atoms with Gasteiger partial charge in [-0.25, -0.2) is 4.39 Å². The van der Waals surface area contributed by atoms with E-state index in [4.69, 9.17) is 4.74 Å². The highest BCUT2D eigenvalue weighted by Gasteiger charge is 2.29. The van der Waals surface area contributed by atoms with Crippen molar-refractivity contribution in [2.45, 2.75) is 19.6 Å². The summed E-state index contributed by atoms with van der Waals surface area (Å²) >= 11 is 0. The van der Waals surface area contributed by atoms with Gasteiger partial charge in [0.1, 0.15) is 5.82 Å². The van der Waals surface area contributed by atoms with Crippen molar-refractivity contribution in [1.82, 2.24) is 4.57 Å². The zero-order chi connectivity index (χ0) is 19.3. The van der Waals surface area contributed by atoms with Gasteiger partial charge in [-0.2, -0.15) is 10.1 Å². The Bertz CT molecular complexity index is 1140. The molecule has 0 N–H and O–H groups in total. The zero-order valence-electron chi connectivity index (χ0n) is 15.3. The van der Waals surface area contributed by atoms with Gasteiger partial charge in [-0.15, -0.1) is 0 Å². The van der Waals surface area contributed by atoms with E-state index in [0.29, 0.717) is 17.0 Å². The van der Waals surface area contributed by atoms with Gasteiger partial charge in [0.15, 0.2) is 0 Å². The molecule has 28 heavy (non-hydrogen) atoms. The predicted octanol–water partition coefficient (Wildman–Crippen LogP) is 3.99. The summed E-state index contributed by atoms with van der Waals surface area (Å²) in [7, 11) is 0. The molecular formula is C22H18FN3O2. The lowest BCUT2D eigenvalue weighted by Gasteiger charge is -2.11. The number of nitrogens with zero attached hydrogens (tertiary/aromatic N) is 3. The van der Waals surface area contributed by atoms with Gasteiger partial charge in [0.2, 0.25) is 0 Å². The first kappa shape index (κ1) is 16.9. The van der Waals surface area contributed by atoms with E-state index in [1.807, 2.05) is 25.1 Å². The minimum atomic E-state index is -0.348. The number of ether oxygens (including phenoxy) is 1. The molecule has 0 aliphatic carbocycles. The second-order valence-electron chi connectivity index (χ2n) is 7.05. The number of hydrogen-bond donors (Lipinski definition) is 0. The third-order valence-electron chi connectivity index (χ3n) is 5.06. The summed E-state index contributed by atoms with van der Waals surface area (Å²) in [6.07, 6.45) is 4.21. The number of hydrazone groups is 1. The summed E-state index contributed by atoms with van der Waals surface area (Å²) in [5, 5.41) is 6.77. The lowest BCUT2D eigenvalue weighted by molar-refractivity contribution is -0.114. The molecule has 0 bridgehead atoms. The number of hydrogen-bond acceptors (Lipinski definition) is 3. The van der Waals surface area contributed by atoms with Crippen LogP contribution in [-0.2, 0) is 16.1 Å². The van der Waals surface area contributed by atoms with E-state index < -0.39 is 0 Å². The topological polar surface area (TPSA) is 50.1 Å². The van der Waals surface area contributed by atoms with Crippen LogP contribution in [0.5, 0.6) is 0 Å². The average molecular weight is 375 g/mol. The molecular weight excluding hydrogens is 357 g/mol. The SMILES string of the molecule is CC1=NN(c2ccc(F)cc2)C(=O)/C1=C/c1cn(CC2CO2)c2ccccc12. The Morgan fingerprint density at radius 3 is 2.71 bits per heavy atom. The Labute approximate surface area is 161 Å². The van der Waals surface area contributed by atoms with Crippen LogP contribution in [0.1, 0.15) is 12.5 Å². The van der Waals surface area contributed by atoms with Crippen LogP contribution in [0.25, 0.3) is 17.0 Å². The van der Waals surface area contributed by atoms with Gasteiger partial charge in [0.25, 0.3) is 5.91 Å². The molecule has 5 rings (SSSR count). The number of halogens is 1. The molecule has 6 heteroatoms. The van der Waals surface area contributed by atoms with Crippen molar-refractivity contribution >= 4 is 34.3 Å². The van der Waals surface area contributed by atoms with Crippen LogP contribution in [0.4, 0.5) is 10.1 Å². The second-order valence-corrected chi connectivity index (χ2v) is 7.05. The Kier molecular flexibility index (Phi) is 3.87. The quantitative estimate of drug-likeness (QED) is 0.511. The zero-order valence-corrected chi connectivity index (χ0v) is 15.3. The first-order chi connectivity index (χ1) is 13.6. The third kappa shape index (κ3) is 2.92. The highest BCUT2D eigenvalue weighted by Crippen LogP contribution is 2.29. The maximum Gasteiger partial charge on any atom is 0.280 e. The maximum absolute atomic E-state index is 13.2. The molecule has 0 spiro atoms. The molecule has 3 aromatic rings. The molecule has 2 aliphatic heterocycles. The Morgan fingerprint density at radius 2 is 1.96 bits per heavy atom. The minimum Gasteiger partial charge on any atom is -0.371 e. The van der Waals surface area contributed by atoms with Gasteiger partial charge >= 0.3 is 0 Å². The molecule has 3 heterocycles. The Morgan fingerprint density at radius 1 is 1.21 bits per heavy atom. The van der Waals surface area contributed by atoms with Crippen LogP contribution in [0.2, 0.25) is 0 Å². The summed E-state index contributed by atoms with van der Waals surface area (Å²) in [6, 6.07) is 13.9. The van der Waals surface area contributed by atoms with E-state index in [1.54, 1.807) is 12.1 Å². The maximum atomic E-state index is 13.2. The largest absolute Gasteiger partial charge is 0.371 e. The van der Waals surface area contributed by atoms with Crippen molar-refractivity contribution in [1.29, 1.82) is 0 Å². The third-order valence-corrected chi connectivity index (χ3v) is 5.06. The number of carbonyl (C=O) groups is 1. The van der Waals surface area contributed by atoms with Gasteiger partial charge in [-0.1, -0.05) is 18.2 Å². The Hall–Kier alpha value is -3.25. The fourth-order valence-electron chi connectivity index (χ4n) is 3.53. The summed E-state index contributed by atoms with van der Waals surface area (Å²) in [6.45, 7) is 3.40. The summed E-state index contributed by atoms with van der Waals surface area (Å²) in [5.74, 6) is -0.564. The van der Waals surface area contributed by atoms with Crippen LogP contribution in [-0.4, -0.2) is 28.9 Å². The van der Waals surface area contributed by atoms with E-state index in [-0.39, 0.29) is 17.8 Å². The van der Waals surface area contributed by atoms with Crippen LogP contribution in [0.3, 0.4) is 0 Å². The molecule has 5 nitrogen and oxygen atoms in total. The number of fused-ring (bicyclic) bond motifs is 1. The number of aromatic nitrogens is 1. The van der Waals surface area contributed by atoms with E-state index in [0.717, 1.165) is 29.6 Å². The number of amides is 1. The molecule has 1 fully saturated rings. The van der Waals surface area contributed by atoms with Gasteiger partial charge in [-0.3, -0.25) is 4.79 Å². The van der Waals surface area contributed by atoms with Crippen molar-refractivity contribution < 1.29 is 13.9 Å². The van der Waals surface area contributed by atoms with E-state index in [2.05, 4.69) is 28.0 Å². The Balaban J connectivity index is 1.53. The number of carbonyl (C=O) groups excluding carboxylic acids is 1. The van der Waals surface area contributed by atoms with Crippen molar-refractivity contribution in [2.24, 2.45) is 5.10 Å². The molecule has 0 saturated carbocycles. The fraction of sp³-hybridized carbons (Fsp3) is 0.182. The smallest absolute Gasteiger partial charge is 0.280 e. The molecule has 2 aromatic carbocycles. The first-order valence-corrected chi connectivity index (χ1v) is 9.17. The lowest BCUT2D eigenvalue weighted by Crippen LogP contribution is -2.21. The van der Waals surface area contributed by atoms with Gasteiger partial charge < -0.3 is 9.30 Å². The monoisotopic (exact) mass is 375 g/mol. The van der Waals surface area contributed by atoms with E-state index >= 15 is 0 Å². The van der Waals surface area contributed by atoms with Crippen LogP contribution in [0.15, 0.2) is 65.4 Å². The van der Waals surface area contributed by atoms with Crippen molar-refractivity contribution in [2.75, 3.05) is 11.6 Å². The number of para-hydroxylation sites is 1. The number of anilines is 1. The molecule has 140 valence electrons. The predicted molar refractivity (Wildman–Crippen MR) is 107 cm³/mol.